The zero-order valence-electron chi connectivity index (χ0n) is 14.9. The SMILES string of the molecule is Cc1cccc(CCC2(NC(=S)Nc3ccc(F)cc3F)CCCC2)c1. The second kappa shape index (κ2) is 8.12. The topological polar surface area (TPSA) is 24.1 Å². The highest BCUT2D eigenvalue weighted by Crippen LogP contribution is 2.34. The molecule has 0 heterocycles. The van der Waals surface area contributed by atoms with Crippen molar-refractivity contribution in [3.05, 3.63) is 65.2 Å². The number of anilines is 1. The van der Waals surface area contributed by atoms with E-state index < -0.39 is 11.6 Å². The van der Waals surface area contributed by atoms with Gasteiger partial charge in [0, 0.05) is 11.6 Å². The van der Waals surface area contributed by atoms with Gasteiger partial charge in [0.2, 0.25) is 0 Å². The Morgan fingerprint density at radius 3 is 2.58 bits per heavy atom. The van der Waals surface area contributed by atoms with E-state index in [1.165, 1.54) is 23.3 Å². The summed E-state index contributed by atoms with van der Waals surface area (Å²) >= 11 is 5.41. The van der Waals surface area contributed by atoms with E-state index >= 15 is 0 Å². The fourth-order valence-corrected chi connectivity index (χ4v) is 4.05. The lowest BCUT2D eigenvalue weighted by Crippen LogP contribution is -2.48. The second-order valence-corrected chi connectivity index (χ2v) is 7.59. The van der Waals surface area contributed by atoms with Crippen molar-refractivity contribution >= 4 is 23.0 Å². The third kappa shape index (κ3) is 4.79. The van der Waals surface area contributed by atoms with Gasteiger partial charge in [0.05, 0.1) is 5.69 Å². The summed E-state index contributed by atoms with van der Waals surface area (Å²) in [4.78, 5) is 0. The van der Waals surface area contributed by atoms with Crippen molar-refractivity contribution in [2.24, 2.45) is 0 Å². The number of thiocarbonyl (C=S) groups is 1. The van der Waals surface area contributed by atoms with Gasteiger partial charge in [-0.3, -0.25) is 0 Å². The van der Waals surface area contributed by atoms with Crippen molar-refractivity contribution in [3.8, 4) is 0 Å². The van der Waals surface area contributed by atoms with Gasteiger partial charge in [0.1, 0.15) is 11.6 Å². The Kier molecular flexibility index (Phi) is 5.87. The summed E-state index contributed by atoms with van der Waals surface area (Å²) < 4.78 is 26.9. The van der Waals surface area contributed by atoms with E-state index in [1.807, 2.05) is 0 Å². The molecule has 1 saturated carbocycles. The van der Waals surface area contributed by atoms with Gasteiger partial charge in [0.25, 0.3) is 0 Å². The van der Waals surface area contributed by atoms with E-state index in [-0.39, 0.29) is 11.2 Å². The molecule has 0 atom stereocenters. The molecule has 0 radical (unpaired) electrons. The van der Waals surface area contributed by atoms with Crippen LogP contribution < -0.4 is 10.6 Å². The molecule has 2 aromatic rings. The van der Waals surface area contributed by atoms with Gasteiger partial charge in [-0.15, -0.1) is 0 Å². The van der Waals surface area contributed by atoms with Gasteiger partial charge in [-0.1, -0.05) is 42.7 Å². The fourth-order valence-electron chi connectivity index (χ4n) is 3.73. The van der Waals surface area contributed by atoms with Crippen molar-refractivity contribution < 1.29 is 8.78 Å². The van der Waals surface area contributed by atoms with Gasteiger partial charge in [-0.2, -0.15) is 0 Å². The number of aryl methyl sites for hydroxylation is 2. The molecule has 0 spiro atoms. The lowest BCUT2D eigenvalue weighted by molar-refractivity contribution is 0.362. The van der Waals surface area contributed by atoms with Crippen LogP contribution in [0.25, 0.3) is 0 Å². The number of rotatable bonds is 5. The van der Waals surface area contributed by atoms with Gasteiger partial charge in [-0.05, 0) is 62.5 Å². The Bertz CT molecular complexity index is 785. The smallest absolute Gasteiger partial charge is 0.171 e. The van der Waals surface area contributed by atoms with Crippen LogP contribution in [0.4, 0.5) is 14.5 Å². The van der Waals surface area contributed by atoms with Crippen molar-refractivity contribution in [3.63, 3.8) is 0 Å². The fraction of sp³-hybridized carbons (Fsp3) is 0.381. The predicted molar refractivity (Wildman–Crippen MR) is 106 cm³/mol. The number of hydrogen-bond donors (Lipinski definition) is 2. The summed E-state index contributed by atoms with van der Waals surface area (Å²) in [5.41, 5.74) is 2.71. The standard InChI is InChI=1S/C21H24F2N2S/c1-15-5-4-6-16(13-15)9-12-21(10-2-3-11-21)25-20(26)24-19-8-7-17(22)14-18(19)23/h4-8,13-14H,2-3,9-12H2,1H3,(H2,24,25,26). The van der Waals surface area contributed by atoms with Gasteiger partial charge in [-0.25, -0.2) is 8.78 Å². The molecule has 0 aromatic heterocycles. The number of nitrogens with one attached hydrogen (secondary N) is 2. The monoisotopic (exact) mass is 374 g/mol. The second-order valence-electron chi connectivity index (χ2n) is 7.18. The van der Waals surface area contributed by atoms with Crippen molar-refractivity contribution in [2.75, 3.05) is 5.32 Å². The lowest BCUT2D eigenvalue weighted by Gasteiger charge is -2.32. The first-order chi connectivity index (χ1) is 12.5. The zero-order chi connectivity index (χ0) is 18.6. The van der Waals surface area contributed by atoms with Crippen molar-refractivity contribution in [1.82, 2.24) is 5.32 Å². The van der Waals surface area contributed by atoms with Gasteiger partial charge in [0.15, 0.2) is 5.11 Å². The molecule has 1 aliphatic rings. The molecule has 2 aromatic carbocycles. The van der Waals surface area contributed by atoms with Crippen LogP contribution in [-0.2, 0) is 6.42 Å². The van der Waals surface area contributed by atoms with E-state index in [0.717, 1.165) is 44.6 Å². The summed E-state index contributed by atoms with van der Waals surface area (Å²) in [6.07, 6.45) is 6.37. The molecule has 0 amide bonds. The molecular weight excluding hydrogens is 350 g/mol. The van der Waals surface area contributed by atoms with Crippen LogP contribution in [0.3, 0.4) is 0 Å². The van der Waals surface area contributed by atoms with E-state index in [1.54, 1.807) is 0 Å². The van der Waals surface area contributed by atoms with E-state index in [2.05, 4.69) is 41.8 Å². The minimum absolute atomic E-state index is 0.0651. The summed E-state index contributed by atoms with van der Waals surface area (Å²) in [7, 11) is 0. The first-order valence-electron chi connectivity index (χ1n) is 9.06. The third-order valence-corrected chi connectivity index (χ3v) is 5.30. The van der Waals surface area contributed by atoms with E-state index in [4.69, 9.17) is 12.2 Å². The molecule has 0 unspecified atom stereocenters. The van der Waals surface area contributed by atoms with Crippen LogP contribution >= 0.6 is 12.2 Å². The van der Waals surface area contributed by atoms with Crippen LogP contribution in [-0.4, -0.2) is 10.7 Å². The third-order valence-electron chi connectivity index (χ3n) is 5.09. The Labute approximate surface area is 159 Å². The maximum absolute atomic E-state index is 13.8. The Morgan fingerprint density at radius 1 is 1.12 bits per heavy atom. The molecule has 2 nitrogen and oxygen atoms in total. The van der Waals surface area contributed by atoms with Crippen LogP contribution in [0, 0.1) is 18.6 Å². The molecule has 0 saturated heterocycles. The van der Waals surface area contributed by atoms with E-state index in [0.29, 0.717) is 5.11 Å². The molecule has 2 N–H and O–H groups in total. The molecular formula is C21H24F2N2S. The Balaban J connectivity index is 1.64. The first kappa shape index (κ1) is 18.8. The number of hydrogen-bond acceptors (Lipinski definition) is 1. The van der Waals surface area contributed by atoms with Gasteiger partial charge < -0.3 is 10.6 Å². The van der Waals surface area contributed by atoms with Gasteiger partial charge >= 0.3 is 0 Å². The Morgan fingerprint density at radius 2 is 1.88 bits per heavy atom. The minimum atomic E-state index is -0.644. The molecule has 0 aliphatic heterocycles. The minimum Gasteiger partial charge on any atom is -0.357 e. The molecule has 1 aliphatic carbocycles. The summed E-state index contributed by atoms with van der Waals surface area (Å²) in [6, 6.07) is 12.0. The molecule has 1 fully saturated rings. The van der Waals surface area contributed by atoms with Crippen molar-refractivity contribution in [1.29, 1.82) is 0 Å². The quantitative estimate of drug-likeness (QED) is 0.675. The summed E-state index contributed by atoms with van der Waals surface area (Å²) in [5, 5.41) is 6.69. The molecule has 0 bridgehead atoms. The van der Waals surface area contributed by atoms with Crippen LogP contribution in [0.15, 0.2) is 42.5 Å². The van der Waals surface area contributed by atoms with Crippen LogP contribution in [0.1, 0.15) is 43.2 Å². The highest BCUT2D eigenvalue weighted by Gasteiger charge is 2.34. The average molecular weight is 375 g/mol. The summed E-state index contributed by atoms with van der Waals surface area (Å²) in [5.74, 6) is -1.24. The van der Waals surface area contributed by atoms with Crippen LogP contribution in [0.5, 0.6) is 0 Å². The highest BCUT2D eigenvalue weighted by molar-refractivity contribution is 7.80. The Hall–Kier alpha value is -2.01. The number of benzene rings is 2. The predicted octanol–water partition coefficient (Wildman–Crippen LogP) is 5.51. The lowest BCUT2D eigenvalue weighted by atomic mass is 9.89. The van der Waals surface area contributed by atoms with E-state index in [9.17, 15) is 8.78 Å². The molecule has 5 heteroatoms. The molecule has 26 heavy (non-hydrogen) atoms. The first-order valence-corrected chi connectivity index (χ1v) is 9.46. The maximum Gasteiger partial charge on any atom is 0.171 e. The highest BCUT2D eigenvalue weighted by atomic mass is 32.1. The maximum atomic E-state index is 13.8. The number of halogens is 2. The zero-order valence-corrected chi connectivity index (χ0v) is 15.8. The summed E-state index contributed by atoms with van der Waals surface area (Å²) in [6.45, 7) is 2.10. The normalized spacial score (nSPS) is 15.7. The average Bonchev–Trinajstić information content (AvgIpc) is 3.04. The molecule has 3 rings (SSSR count). The van der Waals surface area contributed by atoms with Crippen LogP contribution in [0.2, 0.25) is 0 Å². The van der Waals surface area contributed by atoms with Crippen molar-refractivity contribution in [2.45, 2.75) is 51.0 Å². The molecule has 138 valence electrons. The largest absolute Gasteiger partial charge is 0.357 e.